The largest absolute Gasteiger partial charge is 0.348 e. The summed E-state index contributed by atoms with van der Waals surface area (Å²) in [5.41, 5.74) is 3.89. The summed E-state index contributed by atoms with van der Waals surface area (Å²) >= 11 is 0. The summed E-state index contributed by atoms with van der Waals surface area (Å²) in [6, 6.07) is 8.82. The van der Waals surface area contributed by atoms with Crippen LogP contribution in [0.2, 0.25) is 0 Å². The van der Waals surface area contributed by atoms with Gasteiger partial charge in [0.15, 0.2) is 0 Å². The van der Waals surface area contributed by atoms with Gasteiger partial charge in [0.05, 0.1) is 6.54 Å². The lowest BCUT2D eigenvalue weighted by atomic mass is 10.2. The molecule has 2 aromatic rings. The number of anilines is 1. The van der Waals surface area contributed by atoms with Gasteiger partial charge in [0.2, 0.25) is 0 Å². The molecule has 1 aromatic heterocycles. The molecule has 0 spiro atoms. The van der Waals surface area contributed by atoms with Gasteiger partial charge in [-0.2, -0.15) is 5.10 Å². The Balaban J connectivity index is 1.92. The number of carbonyl (C=O) groups is 1. The van der Waals surface area contributed by atoms with Gasteiger partial charge in [-0.1, -0.05) is 0 Å². The van der Waals surface area contributed by atoms with E-state index in [2.05, 4.69) is 15.8 Å². The van der Waals surface area contributed by atoms with E-state index in [1.165, 1.54) is 0 Å². The van der Waals surface area contributed by atoms with Crippen LogP contribution in [0.1, 0.15) is 17.3 Å². The quantitative estimate of drug-likeness (QED) is 0.552. The smallest absolute Gasteiger partial charge is 0.251 e. The molecule has 6 nitrogen and oxygen atoms in total. The van der Waals surface area contributed by atoms with Gasteiger partial charge in [0.25, 0.3) is 5.91 Å². The van der Waals surface area contributed by atoms with E-state index in [0.717, 1.165) is 5.69 Å². The van der Waals surface area contributed by atoms with Crippen LogP contribution in [0.25, 0.3) is 0 Å². The molecule has 0 aliphatic carbocycles. The Hall–Kier alpha value is -2.34. The molecule has 1 atom stereocenters. The van der Waals surface area contributed by atoms with Gasteiger partial charge in [-0.25, -0.2) is 0 Å². The second kappa shape index (κ2) is 6.01. The summed E-state index contributed by atoms with van der Waals surface area (Å²) in [5, 5.41) is 7.02. The van der Waals surface area contributed by atoms with Crippen molar-refractivity contribution in [1.82, 2.24) is 15.1 Å². The number of rotatable bonds is 5. The van der Waals surface area contributed by atoms with Crippen LogP contribution in [0.3, 0.4) is 0 Å². The molecule has 0 saturated carbocycles. The van der Waals surface area contributed by atoms with E-state index in [-0.39, 0.29) is 11.9 Å². The summed E-state index contributed by atoms with van der Waals surface area (Å²) in [7, 11) is 0. The van der Waals surface area contributed by atoms with Crippen molar-refractivity contribution in [3.05, 3.63) is 48.3 Å². The molecule has 0 bridgehead atoms. The topological polar surface area (TPSA) is 85.0 Å². The summed E-state index contributed by atoms with van der Waals surface area (Å²) < 4.78 is 1.78. The minimum absolute atomic E-state index is 0.000269. The Labute approximate surface area is 111 Å². The average molecular weight is 259 g/mol. The van der Waals surface area contributed by atoms with E-state index in [4.69, 9.17) is 5.84 Å². The molecule has 0 fully saturated rings. The molecule has 1 unspecified atom stereocenters. The third-order valence-electron chi connectivity index (χ3n) is 2.71. The van der Waals surface area contributed by atoms with Crippen molar-refractivity contribution in [3.8, 4) is 0 Å². The van der Waals surface area contributed by atoms with Gasteiger partial charge in [-0.15, -0.1) is 0 Å². The number of carbonyl (C=O) groups excluding carboxylic acids is 1. The van der Waals surface area contributed by atoms with E-state index in [1.807, 2.05) is 19.2 Å². The Morgan fingerprint density at radius 1 is 1.42 bits per heavy atom. The Morgan fingerprint density at radius 3 is 2.74 bits per heavy atom. The number of nitrogens with two attached hydrogens (primary N) is 1. The molecule has 1 heterocycles. The molecule has 100 valence electrons. The predicted octanol–water partition coefficient (Wildman–Crippen LogP) is 0.987. The molecular weight excluding hydrogens is 242 g/mol. The minimum atomic E-state index is -0.108. The van der Waals surface area contributed by atoms with Crippen molar-refractivity contribution in [2.45, 2.75) is 19.5 Å². The maximum Gasteiger partial charge on any atom is 0.251 e. The Kier molecular flexibility index (Phi) is 4.15. The molecule has 2 rings (SSSR count). The van der Waals surface area contributed by atoms with Crippen LogP contribution in [0.15, 0.2) is 42.7 Å². The SMILES string of the molecule is CC(Cn1cccn1)NC(=O)c1ccc(NN)cc1. The first kappa shape index (κ1) is 13.1. The van der Waals surface area contributed by atoms with Crippen molar-refractivity contribution in [1.29, 1.82) is 0 Å². The van der Waals surface area contributed by atoms with Crippen molar-refractivity contribution in [2.75, 3.05) is 5.43 Å². The zero-order valence-electron chi connectivity index (χ0n) is 10.7. The number of hydrogen-bond acceptors (Lipinski definition) is 4. The highest BCUT2D eigenvalue weighted by Gasteiger charge is 2.10. The van der Waals surface area contributed by atoms with E-state index in [9.17, 15) is 4.79 Å². The van der Waals surface area contributed by atoms with Crippen LogP contribution in [0, 0.1) is 0 Å². The van der Waals surface area contributed by atoms with Crippen molar-refractivity contribution in [2.24, 2.45) is 5.84 Å². The highest BCUT2D eigenvalue weighted by Crippen LogP contribution is 2.08. The fraction of sp³-hybridized carbons (Fsp3) is 0.231. The first-order valence-corrected chi connectivity index (χ1v) is 6.04. The van der Waals surface area contributed by atoms with Crippen LogP contribution in [-0.2, 0) is 6.54 Å². The fourth-order valence-electron chi connectivity index (χ4n) is 1.76. The van der Waals surface area contributed by atoms with Gasteiger partial charge in [-0.05, 0) is 37.3 Å². The number of nitrogens with one attached hydrogen (secondary N) is 2. The lowest BCUT2D eigenvalue weighted by Crippen LogP contribution is -2.35. The number of aromatic nitrogens is 2. The Bertz CT molecular complexity index is 520. The molecule has 0 aliphatic rings. The molecular formula is C13H17N5O. The zero-order chi connectivity index (χ0) is 13.7. The van der Waals surface area contributed by atoms with Crippen LogP contribution in [0.4, 0.5) is 5.69 Å². The maximum atomic E-state index is 12.0. The van der Waals surface area contributed by atoms with Gasteiger partial charge < -0.3 is 10.7 Å². The maximum absolute atomic E-state index is 12.0. The van der Waals surface area contributed by atoms with Gasteiger partial charge >= 0.3 is 0 Å². The second-order valence-corrected chi connectivity index (χ2v) is 4.32. The van der Waals surface area contributed by atoms with Crippen LogP contribution < -0.4 is 16.6 Å². The average Bonchev–Trinajstić information content (AvgIpc) is 2.91. The first-order chi connectivity index (χ1) is 9.19. The fourth-order valence-corrected chi connectivity index (χ4v) is 1.76. The number of benzene rings is 1. The third-order valence-corrected chi connectivity index (χ3v) is 2.71. The Morgan fingerprint density at radius 2 is 2.16 bits per heavy atom. The number of hydrogen-bond donors (Lipinski definition) is 3. The van der Waals surface area contributed by atoms with E-state index in [0.29, 0.717) is 12.1 Å². The van der Waals surface area contributed by atoms with Crippen molar-refractivity contribution >= 4 is 11.6 Å². The predicted molar refractivity (Wildman–Crippen MR) is 73.4 cm³/mol. The first-order valence-electron chi connectivity index (χ1n) is 6.04. The molecule has 1 amide bonds. The van der Waals surface area contributed by atoms with E-state index < -0.39 is 0 Å². The van der Waals surface area contributed by atoms with E-state index in [1.54, 1.807) is 35.1 Å². The molecule has 4 N–H and O–H groups in total. The number of amides is 1. The van der Waals surface area contributed by atoms with Gasteiger partial charge in [-0.3, -0.25) is 15.3 Å². The molecule has 0 saturated heterocycles. The zero-order valence-corrected chi connectivity index (χ0v) is 10.7. The summed E-state index contributed by atoms with van der Waals surface area (Å²) in [6.07, 6.45) is 3.58. The molecule has 1 aromatic carbocycles. The highest BCUT2D eigenvalue weighted by molar-refractivity contribution is 5.94. The number of hydrazine groups is 1. The highest BCUT2D eigenvalue weighted by atomic mass is 16.1. The summed E-state index contributed by atoms with van der Waals surface area (Å²) in [5.74, 6) is 5.16. The molecule has 0 radical (unpaired) electrons. The normalized spacial score (nSPS) is 11.9. The van der Waals surface area contributed by atoms with Crippen LogP contribution in [-0.4, -0.2) is 21.7 Å². The summed E-state index contributed by atoms with van der Waals surface area (Å²) in [6.45, 7) is 2.58. The third kappa shape index (κ3) is 3.56. The van der Waals surface area contributed by atoms with E-state index >= 15 is 0 Å². The van der Waals surface area contributed by atoms with Gasteiger partial charge in [0.1, 0.15) is 0 Å². The second-order valence-electron chi connectivity index (χ2n) is 4.32. The molecule has 0 aliphatic heterocycles. The summed E-state index contributed by atoms with van der Waals surface area (Å²) in [4.78, 5) is 12.0. The molecule has 19 heavy (non-hydrogen) atoms. The van der Waals surface area contributed by atoms with Crippen LogP contribution >= 0.6 is 0 Å². The number of nitrogen functional groups attached to an aromatic ring is 1. The lowest BCUT2D eigenvalue weighted by Gasteiger charge is -2.14. The van der Waals surface area contributed by atoms with Crippen molar-refractivity contribution < 1.29 is 4.79 Å². The minimum Gasteiger partial charge on any atom is -0.348 e. The van der Waals surface area contributed by atoms with Crippen molar-refractivity contribution in [3.63, 3.8) is 0 Å². The van der Waals surface area contributed by atoms with Crippen LogP contribution in [0.5, 0.6) is 0 Å². The standard InChI is InChI=1S/C13H17N5O/c1-10(9-18-8-2-7-15-18)16-13(19)11-3-5-12(17-14)6-4-11/h2-8,10,17H,9,14H2,1H3,(H,16,19). The lowest BCUT2D eigenvalue weighted by molar-refractivity contribution is 0.0936. The monoisotopic (exact) mass is 259 g/mol. The van der Waals surface area contributed by atoms with Gasteiger partial charge in [0, 0.05) is 29.7 Å². The number of nitrogens with zero attached hydrogens (tertiary/aromatic N) is 2. The molecule has 6 heteroatoms.